The Morgan fingerprint density at radius 1 is 0.913 bits per heavy atom. The molecule has 0 spiro atoms. The fourth-order valence-corrected chi connectivity index (χ4v) is 2.11. The molecule has 4 nitrogen and oxygen atoms in total. The Bertz CT molecular complexity index is 633. The third-order valence-corrected chi connectivity index (χ3v) is 3.59. The van der Waals surface area contributed by atoms with Crippen LogP contribution in [0.5, 0.6) is 11.5 Å². The quantitative estimate of drug-likeness (QED) is 0.868. The molecule has 0 bridgehead atoms. The molecule has 2 aromatic rings. The normalized spacial score (nSPS) is 11.9. The standard InChI is InChI=1S/C19H23NO3/c1-13(2)15-5-9-18(10-6-15)23-14(3)19(21)20-16-7-11-17(22-4)12-8-16/h5-14H,1-4H3,(H,20,21)/t14-/m1/s1. The lowest BCUT2D eigenvalue weighted by Crippen LogP contribution is -2.30. The number of benzene rings is 2. The van der Waals surface area contributed by atoms with Crippen LogP contribution in [0.2, 0.25) is 0 Å². The Kier molecular flexibility index (Phi) is 5.63. The van der Waals surface area contributed by atoms with Gasteiger partial charge in [-0.05, 0) is 54.8 Å². The van der Waals surface area contributed by atoms with Crippen molar-refractivity contribution in [3.63, 3.8) is 0 Å². The summed E-state index contributed by atoms with van der Waals surface area (Å²) in [7, 11) is 1.61. The van der Waals surface area contributed by atoms with Gasteiger partial charge in [0.25, 0.3) is 5.91 Å². The SMILES string of the molecule is COc1ccc(NC(=O)[C@@H](C)Oc2ccc(C(C)C)cc2)cc1. The molecule has 2 aromatic carbocycles. The van der Waals surface area contributed by atoms with Gasteiger partial charge in [0.1, 0.15) is 11.5 Å². The largest absolute Gasteiger partial charge is 0.497 e. The average molecular weight is 313 g/mol. The lowest BCUT2D eigenvalue weighted by molar-refractivity contribution is -0.122. The second-order valence-electron chi connectivity index (χ2n) is 5.70. The van der Waals surface area contributed by atoms with Gasteiger partial charge in [-0.2, -0.15) is 0 Å². The van der Waals surface area contributed by atoms with Crippen LogP contribution in [0.3, 0.4) is 0 Å². The molecule has 0 aliphatic heterocycles. The van der Waals surface area contributed by atoms with Crippen molar-refractivity contribution >= 4 is 11.6 Å². The average Bonchev–Trinajstić information content (AvgIpc) is 2.56. The molecule has 0 aromatic heterocycles. The Balaban J connectivity index is 1.93. The lowest BCUT2D eigenvalue weighted by atomic mass is 10.0. The minimum Gasteiger partial charge on any atom is -0.497 e. The summed E-state index contributed by atoms with van der Waals surface area (Å²) in [6.45, 7) is 6.01. The zero-order valence-corrected chi connectivity index (χ0v) is 14.0. The molecule has 0 fully saturated rings. The van der Waals surface area contributed by atoms with Gasteiger partial charge in [-0.25, -0.2) is 0 Å². The van der Waals surface area contributed by atoms with Gasteiger partial charge in [0.15, 0.2) is 6.10 Å². The van der Waals surface area contributed by atoms with Crippen molar-refractivity contribution in [1.82, 2.24) is 0 Å². The van der Waals surface area contributed by atoms with Crippen molar-refractivity contribution in [3.05, 3.63) is 54.1 Å². The fraction of sp³-hybridized carbons (Fsp3) is 0.316. The lowest BCUT2D eigenvalue weighted by Gasteiger charge is -2.15. The van der Waals surface area contributed by atoms with Gasteiger partial charge in [-0.15, -0.1) is 0 Å². The van der Waals surface area contributed by atoms with E-state index in [9.17, 15) is 4.79 Å². The maximum Gasteiger partial charge on any atom is 0.265 e. The van der Waals surface area contributed by atoms with E-state index in [4.69, 9.17) is 9.47 Å². The Morgan fingerprint density at radius 2 is 1.48 bits per heavy atom. The van der Waals surface area contributed by atoms with Crippen molar-refractivity contribution in [2.45, 2.75) is 32.8 Å². The molecular weight excluding hydrogens is 290 g/mol. The van der Waals surface area contributed by atoms with E-state index in [1.807, 2.05) is 24.3 Å². The van der Waals surface area contributed by atoms with Crippen LogP contribution in [-0.2, 0) is 4.79 Å². The summed E-state index contributed by atoms with van der Waals surface area (Å²) in [6, 6.07) is 15.0. The van der Waals surface area contributed by atoms with E-state index in [0.717, 1.165) is 5.75 Å². The van der Waals surface area contributed by atoms with E-state index in [2.05, 4.69) is 19.2 Å². The summed E-state index contributed by atoms with van der Waals surface area (Å²) in [5.41, 5.74) is 1.95. The Labute approximate surface area is 137 Å². The highest BCUT2D eigenvalue weighted by Crippen LogP contribution is 2.20. The van der Waals surface area contributed by atoms with E-state index in [1.54, 1.807) is 38.3 Å². The molecule has 0 saturated carbocycles. The van der Waals surface area contributed by atoms with E-state index in [0.29, 0.717) is 17.4 Å². The minimum absolute atomic E-state index is 0.192. The maximum absolute atomic E-state index is 12.2. The first-order valence-corrected chi connectivity index (χ1v) is 7.71. The number of hydrogen-bond donors (Lipinski definition) is 1. The molecule has 1 N–H and O–H groups in total. The van der Waals surface area contributed by atoms with Crippen molar-refractivity contribution in [2.24, 2.45) is 0 Å². The molecule has 23 heavy (non-hydrogen) atoms. The van der Waals surface area contributed by atoms with Crippen LogP contribution in [0.15, 0.2) is 48.5 Å². The molecule has 4 heteroatoms. The number of ether oxygens (including phenoxy) is 2. The summed E-state index contributed by atoms with van der Waals surface area (Å²) in [4.78, 5) is 12.2. The third kappa shape index (κ3) is 4.74. The molecule has 0 heterocycles. The summed E-state index contributed by atoms with van der Waals surface area (Å²) >= 11 is 0. The number of hydrogen-bond acceptors (Lipinski definition) is 3. The first-order chi connectivity index (χ1) is 11.0. The van der Waals surface area contributed by atoms with Crippen LogP contribution in [0, 0.1) is 0 Å². The number of carbonyl (C=O) groups is 1. The van der Waals surface area contributed by atoms with E-state index in [1.165, 1.54) is 5.56 Å². The van der Waals surface area contributed by atoms with E-state index >= 15 is 0 Å². The van der Waals surface area contributed by atoms with Gasteiger partial charge >= 0.3 is 0 Å². The number of nitrogens with one attached hydrogen (secondary N) is 1. The zero-order valence-electron chi connectivity index (χ0n) is 14.0. The smallest absolute Gasteiger partial charge is 0.265 e. The highest BCUT2D eigenvalue weighted by molar-refractivity contribution is 5.94. The number of rotatable bonds is 6. The van der Waals surface area contributed by atoms with Crippen molar-refractivity contribution in [1.29, 1.82) is 0 Å². The van der Waals surface area contributed by atoms with Crippen molar-refractivity contribution in [2.75, 3.05) is 12.4 Å². The summed E-state index contributed by atoms with van der Waals surface area (Å²) < 4.78 is 10.8. The second kappa shape index (κ2) is 7.68. The summed E-state index contributed by atoms with van der Waals surface area (Å²) in [5, 5.41) is 2.82. The van der Waals surface area contributed by atoms with Gasteiger partial charge < -0.3 is 14.8 Å². The molecule has 0 aliphatic rings. The molecule has 0 aliphatic carbocycles. The highest BCUT2D eigenvalue weighted by atomic mass is 16.5. The molecular formula is C19H23NO3. The van der Waals surface area contributed by atoms with Crippen LogP contribution >= 0.6 is 0 Å². The highest BCUT2D eigenvalue weighted by Gasteiger charge is 2.15. The maximum atomic E-state index is 12.2. The Hall–Kier alpha value is -2.49. The van der Waals surface area contributed by atoms with Gasteiger partial charge in [0, 0.05) is 5.69 Å². The van der Waals surface area contributed by atoms with E-state index < -0.39 is 6.10 Å². The predicted octanol–water partition coefficient (Wildman–Crippen LogP) is 4.22. The Morgan fingerprint density at radius 3 is 2.00 bits per heavy atom. The number of anilines is 1. The minimum atomic E-state index is -0.581. The number of methoxy groups -OCH3 is 1. The van der Waals surface area contributed by atoms with Crippen LogP contribution in [0.4, 0.5) is 5.69 Å². The molecule has 0 unspecified atom stereocenters. The fourth-order valence-electron chi connectivity index (χ4n) is 2.11. The topological polar surface area (TPSA) is 47.6 Å². The molecule has 1 atom stereocenters. The first kappa shape index (κ1) is 16.9. The monoisotopic (exact) mass is 313 g/mol. The third-order valence-electron chi connectivity index (χ3n) is 3.59. The van der Waals surface area contributed by atoms with Crippen molar-refractivity contribution in [3.8, 4) is 11.5 Å². The van der Waals surface area contributed by atoms with E-state index in [-0.39, 0.29) is 5.91 Å². The van der Waals surface area contributed by atoms with Crippen molar-refractivity contribution < 1.29 is 14.3 Å². The van der Waals surface area contributed by atoms with Gasteiger partial charge in [0.2, 0.25) is 0 Å². The van der Waals surface area contributed by atoms with Crippen LogP contribution in [0.1, 0.15) is 32.3 Å². The first-order valence-electron chi connectivity index (χ1n) is 7.71. The number of carbonyl (C=O) groups excluding carboxylic acids is 1. The second-order valence-corrected chi connectivity index (χ2v) is 5.70. The molecule has 122 valence electrons. The number of amides is 1. The van der Waals surface area contributed by atoms with Crippen LogP contribution < -0.4 is 14.8 Å². The summed E-state index contributed by atoms with van der Waals surface area (Å²) in [6.07, 6.45) is -0.581. The molecule has 0 radical (unpaired) electrons. The van der Waals surface area contributed by atoms with Gasteiger partial charge in [-0.3, -0.25) is 4.79 Å². The zero-order chi connectivity index (χ0) is 16.8. The van der Waals surface area contributed by atoms with Gasteiger partial charge in [0.05, 0.1) is 7.11 Å². The van der Waals surface area contributed by atoms with Crippen LogP contribution in [0.25, 0.3) is 0 Å². The van der Waals surface area contributed by atoms with Crippen LogP contribution in [-0.4, -0.2) is 19.1 Å². The van der Waals surface area contributed by atoms with Gasteiger partial charge in [-0.1, -0.05) is 26.0 Å². The molecule has 0 saturated heterocycles. The molecule has 2 rings (SSSR count). The predicted molar refractivity (Wildman–Crippen MR) is 92.2 cm³/mol. The molecule has 1 amide bonds. The summed E-state index contributed by atoms with van der Waals surface area (Å²) in [5.74, 6) is 1.72.